The molecule has 3 heteroatoms. The van der Waals surface area contributed by atoms with Crippen molar-refractivity contribution >= 4 is 10.8 Å². The van der Waals surface area contributed by atoms with Crippen molar-refractivity contribution in [2.75, 3.05) is 11.5 Å². The summed E-state index contributed by atoms with van der Waals surface area (Å²) >= 11 is 0. The average molecular weight is 237 g/mol. The molecule has 0 aromatic heterocycles. The molecule has 0 aliphatic carbocycles. The average Bonchev–Trinajstić information content (AvgIpc) is 2.15. The second-order valence-electron chi connectivity index (χ2n) is 4.75. The van der Waals surface area contributed by atoms with E-state index in [4.69, 9.17) is 0 Å². The first-order valence-corrected chi connectivity index (χ1v) is 7.23. The standard InChI is InChI=1S/C13H19NOS/c1-9-4-5-12(10(2)6-9)13-8-16(15)7-11(3)14-13/h4-6,11,13-14H,7-8H2,1-3H3. The van der Waals surface area contributed by atoms with Gasteiger partial charge in [0, 0.05) is 34.4 Å². The normalized spacial score (nSPS) is 30.3. The maximum absolute atomic E-state index is 11.7. The number of hydrogen-bond acceptors (Lipinski definition) is 2. The molecular weight excluding hydrogens is 218 g/mol. The Kier molecular flexibility index (Phi) is 3.45. The van der Waals surface area contributed by atoms with Gasteiger partial charge in [0.15, 0.2) is 0 Å². The number of benzene rings is 1. The van der Waals surface area contributed by atoms with Crippen LogP contribution in [0, 0.1) is 13.8 Å². The molecule has 3 unspecified atom stereocenters. The lowest BCUT2D eigenvalue weighted by molar-refractivity contribution is 0.488. The predicted molar refractivity (Wildman–Crippen MR) is 69.1 cm³/mol. The zero-order valence-electron chi connectivity index (χ0n) is 10.1. The summed E-state index contributed by atoms with van der Waals surface area (Å²) in [5, 5.41) is 3.53. The minimum atomic E-state index is -0.677. The quantitative estimate of drug-likeness (QED) is 0.810. The van der Waals surface area contributed by atoms with Gasteiger partial charge in [-0.3, -0.25) is 4.21 Å². The van der Waals surface area contributed by atoms with E-state index >= 15 is 0 Å². The summed E-state index contributed by atoms with van der Waals surface area (Å²) in [6.45, 7) is 6.34. The van der Waals surface area contributed by atoms with Gasteiger partial charge in [-0.05, 0) is 31.9 Å². The fourth-order valence-electron chi connectivity index (χ4n) is 2.37. The van der Waals surface area contributed by atoms with E-state index in [0.29, 0.717) is 6.04 Å². The molecule has 16 heavy (non-hydrogen) atoms. The summed E-state index contributed by atoms with van der Waals surface area (Å²) in [4.78, 5) is 0. The van der Waals surface area contributed by atoms with E-state index in [1.165, 1.54) is 16.7 Å². The fraction of sp³-hybridized carbons (Fsp3) is 0.538. The van der Waals surface area contributed by atoms with E-state index in [9.17, 15) is 4.21 Å². The van der Waals surface area contributed by atoms with Gasteiger partial charge in [0.1, 0.15) is 0 Å². The number of hydrogen-bond donors (Lipinski definition) is 1. The third kappa shape index (κ3) is 2.53. The van der Waals surface area contributed by atoms with Crippen LogP contribution in [-0.2, 0) is 10.8 Å². The van der Waals surface area contributed by atoms with Crippen LogP contribution in [0.3, 0.4) is 0 Å². The van der Waals surface area contributed by atoms with Crippen LogP contribution in [-0.4, -0.2) is 21.8 Å². The van der Waals surface area contributed by atoms with Crippen LogP contribution in [0.1, 0.15) is 29.7 Å². The van der Waals surface area contributed by atoms with Gasteiger partial charge in [-0.2, -0.15) is 0 Å². The Labute approximate surface area is 99.9 Å². The second-order valence-corrected chi connectivity index (χ2v) is 6.30. The highest BCUT2D eigenvalue weighted by atomic mass is 32.2. The Morgan fingerprint density at radius 1 is 1.31 bits per heavy atom. The molecule has 3 atom stereocenters. The first-order chi connectivity index (χ1) is 7.56. The van der Waals surface area contributed by atoms with Crippen LogP contribution in [0.4, 0.5) is 0 Å². The highest BCUT2D eigenvalue weighted by Crippen LogP contribution is 2.23. The maximum Gasteiger partial charge on any atom is 0.0441 e. The Hall–Kier alpha value is -0.670. The maximum atomic E-state index is 11.7. The SMILES string of the molecule is Cc1ccc(C2CS(=O)CC(C)N2)c(C)c1. The lowest BCUT2D eigenvalue weighted by Gasteiger charge is -2.29. The minimum absolute atomic E-state index is 0.255. The van der Waals surface area contributed by atoms with Gasteiger partial charge in [-0.1, -0.05) is 23.8 Å². The van der Waals surface area contributed by atoms with E-state index in [2.05, 4.69) is 44.3 Å². The molecule has 1 heterocycles. The van der Waals surface area contributed by atoms with Crippen molar-refractivity contribution in [3.63, 3.8) is 0 Å². The van der Waals surface area contributed by atoms with E-state index in [1.54, 1.807) is 0 Å². The third-order valence-electron chi connectivity index (χ3n) is 3.07. The molecule has 0 saturated carbocycles. The monoisotopic (exact) mass is 237 g/mol. The Morgan fingerprint density at radius 3 is 2.69 bits per heavy atom. The molecule has 0 bridgehead atoms. The molecule has 0 radical (unpaired) electrons. The zero-order chi connectivity index (χ0) is 11.7. The first-order valence-electron chi connectivity index (χ1n) is 5.74. The first kappa shape index (κ1) is 11.8. The van der Waals surface area contributed by atoms with Crippen LogP contribution in [0.15, 0.2) is 18.2 Å². The van der Waals surface area contributed by atoms with E-state index in [0.717, 1.165) is 11.5 Å². The lowest BCUT2D eigenvalue weighted by Crippen LogP contribution is -2.43. The van der Waals surface area contributed by atoms with Gasteiger partial charge in [0.25, 0.3) is 0 Å². The summed E-state index contributed by atoms with van der Waals surface area (Å²) in [5.74, 6) is 1.52. The molecule has 1 N–H and O–H groups in total. The zero-order valence-corrected chi connectivity index (χ0v) is 10.9. The molecule has 2 rings (SSSR count). The summed E-state index contributed by atoms with van der Waals surface area (Å²) in [5.41, 5.74) is 3.88. The predicted octanol–water partition coefficient (Wildman–Crippen LogP) is 2.08. The van der Waals surface area contributed by atoms with Gasteiger partial charge >= 0.3 is 0 Å². The molecular formula is C13H19NOS. The van der Waals surface area contributed by atoms with E-state index < -0.39 is 10.8 Å². The van der Waals surface area contributed by atoms with Crippen molar-refractivity contribution in [1.82, 2.24) is 5.32 Å². The van der Waals surface area contributed by atoms with Crippen LogP contribution in [0.5, 0.6) is 0 Å². The summed E-state index contributed by atoms with van der Waals surface area (Å²) < 4.78 is 11.7. The molecule has 0 spiro atoms. The van der Waals surface area contributed by atoms with Gasteiger partial charge < -0.3 is 5.32 Å². The molecule has 2 nitrogen and oxygen atoms in total. The molecule has 88 valence electrons. The van der Waals surface area contributed by atoms with Crippen LogP contribution < -0.4 is 5.32 Å². The summed E-state index contributed by atoms with van der Waals surface area (Å²) in [6.07, 6.45) is 0. The Bertz CT molecular complexity index is 416. The van der Waals surface area contributed by atoms with Crippen molar-refractivity contribution in [1.29, 1.82) is 0 Å². The highest BCUT2D eigenvalue weighted by molar-refractivity contribution is 7.85. The second kappa shape index (κ2) is 4.68. The Balaban J connectivity index is 2.26. The number of rotatable bonds is 1. The van der Waals surface area contributed by atoms with Crippen molar-refractivity contribution in [3.05, 3.63) is 34.9 Å². The summed E-state index contributed by atoms with van der Waals surface area (Å²) in [7, 11) is -0.677. The molecule has 1 saturated heterocycles. The number of nitrogens with one attached hydrogen (secondary N) is 1. The molecule has 1 aromatic rings. The molecule has 1 aliphatic rings. The molecule has 1 aromatic carbocycles. The molecule has 1 aliphatic heterocycles. The minimum Gasteiger partial charge on any atom is -0.306 e. The van der Waals surface area contributed by atoms with Gasteiger partial charge in [-0.25, -0.2) is 0 Å². The van der Waals surface area contributed by atoms with Crippen LogP contribution in [0.25, 0.3) is 0 Å². The smallest absolute Gasteiger partial charge is 0.0441 e. The fourth-order valence-corrected chi connectivity index (χ4v) is 3.81. The van der Waals surface area contributed by atoms with E-state index in [1.807, 2.05) is 0 Å². The summed E-state index contributed by atoms with van der Waals surface area (Å²) in [6, 6.07) is 7.09. The van der Waals surface area contributed by atoms with Gasteiger partial charge in [-0.15, -0.1) is 0 Å². The Morgan fingerprint density at radius 2 is 2.06 bits per heavy atom. The van der Waals surface area contributed by atoms with Crippen molar-refractivity contribution in [2.24, 2.45) is 0 Å². The third-order valence-corrected chi connectivity index (χ3v) is 4.65. The van der Waals surface area contributed by atoms with Crippen molar-refractivity contribution in [2.45, 2.75) is 32.9 Å². The largest absolute Gasteiger partial charge is 0.306 e. The van der Waals surface area contributed by atoms with Crippen LogP contribution >= 0.6 is 0 Å². The molecule has 1 fully saturated rings. The lowest BCUT2D eigenvalue weighted by atomic mass is 9.99. The van der Waals surface area contributed by atoms with Gasteiger partial charge in [0.05, 0.1) is 0 Å². The number of aryl methyl sites for hydroxylation is 2. The van der Waals surface area contributed by atoms with Crippen molar-refractivity contribution in [3.8, 4) is 0 Å². The van der Waals surface area contributed by atoms with E-state index in [-0.39, 0.29) is 6.04 Å². The van der Waals surface area contributed by atoms with Crippen LogP contribution in [0.2, 0.25) is 0 Å². The molecule has 0 amide bonds. The highest BCUT2D eigenvalue weighted by Gasteiger charge is 2.24. The van der Waals surface area contributed by atoms with Crippen molar-refractivity contribution < 1.29 is 4.21 Å². The van der Waals surface area contributed by atoms with Gasteiger partial charge in [0.2, 0.25) is 0 Å². The topological polar surface area (TPSA) is 29.1 Å².